The van der Waals surface area contributed by atoms with E-state index in [1.165, 1.54) is 5.56 Å². The lowest BCUT2D eigenvalue weighted by atomic mass is 10.1. The van der Waals surface area contributed by atoms with Crippen molar-refractivity contribution < 1.29 is 4.79 Å². The Balaban J connectivity index is 2.05. The zero-order valence-corrected chi connectivity index (χ0v) is 9.84. The molecule has 1 aromatic rings. The summed E-state index contributed by atoms with van der Waals surface area (Å²) >= 11 is 0. The molecule has 0 spiro atoms. The van der Waals surface area contributed by atoms with Crippen LogP contribution >= 0.6 is 0 Å². The minimum atomic E-state index is -0.0132. The molecule has 1 aromatic carbocycles. The van der Waals surface area contributed by atoms with E-state index in [0.29, 0.717) is 0 Å². The first-order valence-corrected chi connectivity index (χ1v) is 5.78. The van der Waals surface area contributed by atoms with Crippen LogP contribution in [0.5, 0.6) is 0 Å². The van der Waals surface area contributed by atoms with Gasteiger partial charge in [-0.3, -0.25) is 4.79 Å². The van der Waals surface area contributed by atoms with Crippen molar-refractivity contribution >= 4 is 11.6 Å². The molecule has 3 nitrogen and oxygen atoms in total. The Bertz CT molecular complexity index is 395. The molecule has 3 heteroatoms. The molecule has 1 heterocycles. The second-order valence-electron chi connectivity index (χ2n) is 4.46. The van der Waals surface area contributed by atoms with Gasteiger partial charge in [0.2, 0.25) is 5.91 Å². The zero-order valence-electron chi connectivity index (χ0n) is 9.84. The number of aryl methyl sites for hydroxylation is 2. The van der Waals surface area contributed by atoms with Gasteiger partial charge in [-0.15, -0.1) is 0 Å². The normalized spacial score (nSPS) is 19.8. The number of hydrogen-bond acceptors (Lipinski definition) is 2. The summed E-state index contributed by atoms with van der Waals surface area (Å²) in [7, 11) is 0. The van der Waals surface area contributed by atoms with Crippen LogP contribution in [0.4, 0.5) is 5.69 Å². The fraction of sp³-hybridized carbons (Fsp3) is 0.462. The van der Waals surface area contributed by atoms with Gasteiger partial charge in [0, 0.05) is 5.69 Å². The minimum absolute atomic E-state index is 0.0132. The van der Waals surface area contributed by atoms with Gasteiger partial charge in [0.15, 0.2) is 0 Å². The third-order valence-electron chi connectivity index (χ3n) is 3.02. The largest absolute Gasteiger partial charge is 0.324 e. The molecule has 1 aliphatic heterocycles. The Morgan fingerprint density at radius 3 is 2.88 bits per heavy atom. The maximum absolute atomic E-state index is 11.9. The van der Waals surface area contributed by atoms with Crippen LogP contribution in [-0.2, 0) is 4.79 Å². The molecule has 0 bridgehead atoms. The number of carbonyl (C=O) groups excluding carboxylic acids is 1. The summed E-state index contributed by atoms with van der Waals surface area (Å²) in [6.45, 7) is 5.02. The fourth-order valence-electron chi connectivity index (χ4n) is 2.08. The molecule has 0 aromatic heterocycles. The smallest absolute Gasteiger partial charge is 0.241 e. The lowest BCUT2D eigenvalue weighted by Gasteiger charge is -2.13. The van der Waals surface area contributed by atoms with Crippen LogP contribution < -0.4 is 10.6 Å². The Hall–Kier alpha value is -1.35. The summed E-state index contributed by atoms with van der Waals surface area (Å²) in [6.07, 6.45) is 2.03. The van der Waals surface area contributed by atoms with E-state index in [1.807, 2.05) is 19.1 Å². The number of benzene rings is 1. The van der Waals surface area contributed by atoms with Crippen molar-refractivity contribution in [2.75, 3.05) is 11.9 Å². The van der Waals surface area contributed by atoms with E-state index < -0.39 is 0 Å². The molecule has 1 amide bonds. The van der Waals surface area contributed by atoms with E-state index in [0.717, 1.165) is 30.6 Å². The summed E-state index contributed by atoms with van der Waals surface area (Å²) in [5.74, 6) is 0.0875. The molecule has 1 aliphatic rings. The molecule has 0 unspecified atom stereocenters. The topological polar surface area (TPSA) is 41.1 Å². The quantitative estimate of drug-likeness (QED) is 0.797. The summed E-state index contributed by atoms with van der Waals surface area (Å²) in [6, 6.07) is 6.06. The zero-order chi connectivity index (χ0) is 11.5. The van der Waals surface area contributed by atoms with Crippen molar-refractivity contribution in [2.45, 2.75) is 32.7 Å². The first-order chi connectivity index (χ1) is 7.66. The third-order valence-corrected chi connectivity index (χ3v) is 3.02. The summed E-state index contributed by atoms with van der Waals surface area (Å²) in [5, 5.41) is 6.17. The van der Waals surface area contributed by atoms with Gasteiger partial charge in [-0.25, -0.2) is 0 Å². The molecule has 2 N–H and O–H groups in total. The second-order valence-corrected chi connectivity index (χ2v) is 4.46. The Morgan fingerprint density at radius 1 is 1.44 bits per heavy atom. The predicted molar refractivity (Wildman–Crippen MR) is 65.6 cm³/mol. The molecule has 0 radical (unpaired) electrons. The fourth-order valence-corrected chi connectivity index (χ4v) is 2.08. The Morgan fingerprint density at radius 2 is 2.25 bits per heavy atom. The van der Waals surface area contributed by atoms with Crippen molar-refractivity contribution in [1.82, 2.24) is 5.32 Å². The number of carbonyl (C=O) groups is 1. The number of rotatable bonds is 2. The highest BCUT2D eigenvalue weighted by Crippen LogP contribution is 2.17. The van der Waals surface area contributed by atoms with E-state index in [1.54, 1.807) is 0 Å². The SMILES string of the molecule is Cc1ccc(NC(=O)[C@H]2CCCN2)c(C)c1. The van der Waals surface area contributed by atoms with Crippen molar-refractivity contribution in [3.63, 3.8) is 0 Å². The molecule has 1 atom stereocenters. The lowest BCUT2D eigenvalue weighted by molar-refractivity contribution is -0.117. The third kappa shape index (κ3) is 2.42. The van der Waals surface area contributed by atoms with E-state index in [-0.39, 0.29) is 11.9 Å². The van der Waals surface area contributed by atoms with Crippen LogP contribution in [0.3, 0.4) is 0 Å². The van der Waals surface area contributed by atoms with Crippen LogP contribution in [0.1, 0.15) is 24.0 Å². The molecule has 0 aliphatic carbocycles. The maximum Gasteiger partial charge on any atom is 0.241 e. The number of anilines is 1. The molecular formula is C13H18N2O. The Kier molecular flexibility index (Phi) is 3.25. The van der Waals surface area contributed by atoms with Gasteiger partial charge in [0.05, 0.1) is 6.04 Å². The van der Waals surface area contributed by atoms with Gasteiger partial charge < -0.3 is 10.6 Å². The van der Waals surface area contributed by atoms with E-state index in [2.05, 4.69) is 23.6 Å². The molecule has 2 rings (SSSR count). The first kappa shape index (κ1) is 11.1. The summed E-state index contributed by atoms with van der Waals surface area (Å²) < 4.78 is 0. The van der Waals surface area contributed by atoms with Gasteiger partial charge >= 0.3 is 0 Å². The minimum Gasteiger partial charge on any atom is -0.324 e. The number of hydrogen-bond donors (Lipinski definition) is 2. The number of nitrogens with one attached hydrogen (secondary N) is 2. The van der Waals surface area contributed by atoms with Gasteiger partial charge in [0.25, 0.3) is 0 Å². The van der Waals surface area contributed by atoms with Crippen molar-refractivity contribution in [2.24, 2.45) is 0 Å². The molecule has 16 heavy (non-hydrogen) atoms. The lowest BCUT2D eigenvalue weighted by Crippen LogP contribution is -2.35. The Labute approximate surface area is 96.2 Å². The highest BCUT2D eigenvalue weighted by molar-refractivity contribution is 5.95. The van der Waals surface area contributed by atoms with Crippen molar-refractivity contribution in [1.29, 1.82) is 0 Å². The monoisotopic (exact) mass is 218 g/mol. The van der Waals surface area contributed by atoms with Crippen LogP contribution in [0.2, 0.25) is 0 Å². The van der Waals surface area contributed by atoms with Crippen molar-refractivity contribution in [3.05, 3.63) is 29.3 Å². The van der Waals surface area contributed by atoms with Crippen LogP contribution in [0.25, 0.3) is 0 Å². The summed E-state index contributed by atoms with van der Waals surface area (Å²) in [4.78, 5) is 11.9. The maximum atomic E-state index is 11.9. The van der Waals surface area contributed by atoms with Crippen LogP contribution in [0, 0.1) is 13.8 Å². The van der Waals surface area contributed by atoms with Gasteiger partial charge in [0.1, 0.15) is 0 Å². The first-order valence-electron chi connectivity index (χ1n) is 5.78. The highest BCUT2D eigenvalue weighted by Gasteiger charge is 2.22. The molecular weight excluding hydrogens is 200 g/mol. The average Bonchev–Trinajstić information content (AvgIpc) is 2.75. The number of amides is 1. The molecule has 0 saturated carbocycles. The molecule has 86 valence electrons. The molecule has 1 fully saturated rings. The van der Waals surface area contributed by atoms with E-state index in [4.69, 9.17) is 0 Å². The van der Waals surface area contributed by atoms with Crippen molar-refractivity contribution in [3.8, 4) is 0 Å². The summed E-state index contributed by atoms with van der Waals surface area (Å²) in [5.41, 5.74) is 3.25. The highest BCUT2D eigenvalue weighted by atomic mass is 16.2. The predicted octanol–water partition coefficient (Wildman–Crippen LogP) is 1.99. The van der Waals surface area contributed by atoms with Gasteiger partial charge in [-0.05, 0) is 44.9 Å². The standard InChI is InChI=1S/C13H18N2O/c1-9-5-6-11(10(2)8-9)15-13(16)12-4-3-7-14-12/h5-6,8,12,14H,3-4,7H2,1-2H3,(H,15,16)/t12-/m1/s1. The van der Waals surface area contributed by atoms with Gasteiger partial charge in [-0.1, -0.05) is 17.7 Å². The van der Waals surface area contributed by atoms with Gasteiger partial charge in [-0.2, -0.15) is 0 Å². The molecule has 1 saturated heterocycles. The average molecular weight is 218 g/mol. The van der Waals surface area contributed by atoms with E-state index in [9.17, 15) is 4.79 Å². The van der Waals surface area contributed by atoms with E-state index >= 15 is 0 Å². The second kappa shape index (κ2) is 4.66. The van der Waals surface area contributed by atoms with Crippen LogP contribution in [0.15, 0.2) is 18.2 Å². The van der Waals surface area contributed by atoms with Crippen LogP contribution in [-0.4, -0.2) is 18.5 Å².